The van der Waals surface area contributed by atoms with E-state index in [1.807, 2.05) is 62.5 Å². The van der Waals surface area contributed by atoms with Crippen molar-refractivity contribution < 1.29 is 14.3 Å². The molecule has 0 radical (unpaired) electrons. The molecule has 1 unspecified atom stereocenters. The Morgan fingerprint density at radius 2 is 1.86 bits per heavy atom. The molecule has 0 saturated carbocycles. The average molecular weight is 572 g/mol. The number of nitrogens with one attached hydrogen (secondary N) is 1. The molecule has 1 aliphatic rings. The topological polar surface area (TPSA) is 87.7 Å². The van der Waals surface area contributed by atoms with Gasteiger partial charge in [0.05, 0.1) is 18.3 Å². The van der Waals surface area contributed by atoms with Crippen LogP contribution in [-0.2, 0) is 11.3 Å². The smallest absolute Gasteiger partial charge is 0.254 e. The lowest BCUT2D eigenvalue weighted by Crippen LogP contribution is -2.39. The maximum atomic E-state index is 13.5. The molecule has 1 atom stereocenters. The average Bonchev–Trinajstić information content (AvgIpc) is 3.30. The first-order valence-electron chi connectivity index (χ1n) is 15.3. The molecule has 2 amide bonds. The first-order valence-corrected chi connectivity index (χ1v) is 15.3. The Balaban J connectivity index is 1.45. The first kappa shape index (κ1) is 31.0. The van der Waals surface area contributed by atoms with Crippen LogP contribution in [0.25, 0.3) is 11.3 Å². The van der Waals surface area contributed by atoms with Gasteiger partial charge in [0.1, 0.15) is 12.3 Å². The molecule has 1 N–H and O–H groups in total. The quantitative estimate of drug-likeness (QED) is 0.229. The van der Waals surface area contributed by atoms with Gasteiger partial charge in [-0.05, 0) is 68.0 Å². The van der Waals surface area contributed by atoms with E-state index >= 15 is 0 Å². The Morgan fingerprint density at radius 3 is 2.57 bits per heavy atom. The number of carbonyl (C=O) groups excluding carboxylic acids is 2. The number of amides is 2. The van der Waals surface area contributed by atoms with Gasteiger partial charge in [-0.2, -0.15) is 0 Å². The van der Waals surface area contributed by atoms with Crippen molar-refractivity contribution in [3.63, 3.8) is 0 Å². The van der Waals surface area contributed by atoms with Crippen molar-refractivity contribution in [1.82, 2.24) is 19.8 Å². The molecule has 2 aromatic carbocycles. The van der Waals surface area contributed by atoms with E-state index in [0.29, 0.717) is 30.7 Å². The second kappa shape index (κ2) is 14.3. The normalized spacial score (nSPS) is 13.3. The number of anilines is 1. The molecule has 0 bridgehead atoms. The second-order valence-electron chi connectivity index (χ2n) is 11.3. The number of benzene rings is 2. The number of aryl methyl sites for hydroxylation is 1. The fraction of sp³-hybridized carbons (Fsp3) is 0.471. The largest absolute Gasteiger partial charge is 0.494 e. The number of hydrogen-bond donors (Lipinski definition) is 1. The Labute approximate surface area is 250 Å². The second-order valence-corrected chi connectivity index (χ2v) is 11.3. The fourth-order valence-electron chi connectivity index (χ4n) is 5.41. The van der Waals surface area contributed by atoms with Crippen LogP contribution in [0.15, 0.2) is 48.7 Å². The van der Waals surface area contributed by atoms with Crippen LogP contribution in [0, 0.1) is 6.92 Å². The zero-order valence-electron chi connectivity index (χ0n) is 25.9. The molecule has 0 spiro atoms. The van der Waals surface area contributed by atoms with E-state index in [1.54, 1.807) is 16.8 Å². The third kappa shape index (κ3) is 7.27. The lowest BCUT2D eigenvalue weighted by Gasteiger charge is -2.27. The Morgan fingerprint density at radius 1 is 1.10 bits per heavy atom. The summed E-state index contributed by atoms with van der Waals surface area (Å²) in [5, 5.41) is 3.50. The summed E-state index contributed by atoms with van der Waals surface area (Å²) in [4.78, 5) is 39.4. The molecule has 224 valence electrons. The minimum atomic E-state index is -0.160. The lowest BCUT2D eigenvalue weighted by molar-refractivity contribution is -0.132. The minimum absolute atomic E-state index is 0.0204. The first-order chi connectivity index (χ1) is 20.2. The number of likely N-dealkylation sites (N-methyl/N-ethyl adjacent to an activating group) is 1. The van der Waals surface area contributed by atoms with E-state index < -0.39 is 0 Å². The zero-order valence-corrected chi connectivity index (χ0v) is 25.9. The van der Waals surface area contributed by atoms with Gasteiger partial charge < -0.3 is 19.9 Å². The number of carbonyl (C=O) groups is 2. The van der Waals surface area contributed by atoms with E-state index in [1.165, 1.54) is 0 Å². The van der Waals surface area contributed by atoms with Crippen LogP contribution in [0.2, 0.25) is 0 Å². The maximum Gasteiger partial charge on any atom is 0.254 e. The molecule has 1 aromatic heterocycles. The van der Waals surface area contributed by atoms with Gasteiger partial charge in [-0.15, -0.1) is 0 Å². The summed E-state index contributed by atoms with van der Waals surface area (Å²) in [6.07, 6.45) is 7.09. The van der Waals surface area contributed by atoms with Crippen molar-refractivity contribution in [2.75, 3.05) is 25.5 Å². The number of hydrogen-bond acceptors (Lipinski definition) is 6. The minimum Gasteiger partial charge on any atom is -0.494 e. The van der Waals surface area contributed by atoms with E-state index in [-0.39, 0.29) is 24.4 Å². The van der Waals surface area contributed by atoms with E-state index in [2.05, 4.69) is 31.1 Å². The summed E-state index contributed by atoms with van der Waals surface area (Å²) in [5.74, 6) is 1.17. The standard InChI is InChI=1S/C34H45N5O3/c1-7-11-28(12-8-2)36-34-35-20-23(4)32(37-34)26-15-16-27-21-39(33(41)30(27)19-26)22-31(40)38(6)24(5)25-13-10-14-29(18-25)42-17-9-3/h10,13-16,18-20,24,28H,7-9,11-12,17,21-22H2,1-6H3,(H,35,36,37). The van der Waals surface area contributed by atoms with Gasteiger partial charge in [0.25, 0.3) is 5.91 Å². The number of nitrogens with zero attached hydrogens (tertiary/aromatic N) is 4. The molecule has 4 rings (SSSR count). The van der Waals surface area contributed by atoms with Gasteiger partial charge in [-0.1, -0.05) is 57.9 Å². The molecule has 42 heavy (non-hydrogen) atoms. The van der Waals surface area contributed by atoms with Crippen molar-refractivity contribution in [2.24, 2.45) is 0 Å². The van der Waals surface area contributed by atoms with Crippen molar-refractivity contribution >= 4 is 17.8 Å². The summed E-state index contributed by atoms with van der Waals surface area (Å²) in [6, 6.07) is 13.9. The molecule has 0 saturated heterocycles. The Hall–Kier alpha value is -3.94. The summed E-state index contributed by atoms with van der Waals surface area (Å²) >= 11 is 0. The molecule has 0 aliphatic carbocycles. The number of rotatable bonds is 14. The van der Waals surface area contributed by atoms with Crippen molar-refractivity contribution in [2.45, 2.75) is 85.4 Å². The predicted octanol–water partition coefficient (Wildman–Crippen LogP) is 6.80. The monoisotopic (exact) mass is 571 g/mol. The molecule has 1 aliphatic heterocycles. The van der Waals surface area contributed by atoms with Gasteiger partial charge in [0.15, 0.2) is 0 Å². The highest BCUT2D eigenvalue weighted by molar-refractivity contribution is 6.01. The lowest BCUT2D eigenvalue weighted by atomic mass is 10.0. The summed E-state index contributed by atoms with van der Waals surface area (Å²) in [6.45, 7) is 11.5. The predicted molar refractivity (Wildman–Crippen MR) is 168 cm³/mol. The molecule has 8 nitrogen and oxygen atoms in total. The molecular weight excluding hydrogens is 526 g/mol. The van der Waals surface area contributed by atoms with Crippen molar-refractivity contribution in [1.29, 1.82) is 0 Å². The number of aromatic nitrogens is 2. The van der Waals surface area contributed by atoms with Crippen LogP contribution < -0.4 is 10.1 Å². The summed E-state index contributed by atoms with van der Waals surface area (Å²) in [5.41, 5.74) is 5.16. The SMILES string of the molecule is CCCOc1cccc(C(C)N(C)C(=O)CN2Cc3ccc(-c4nc(NC(CCC)CCC)ncc4C)cc3C2=O)c1. The fourth-order valence-corrected chi connectivity index (χ4v) is 5.41. The Bertz CT molecular complexity index is 1390. The molecule has 2 heterocycles. The molecule has 0 fully saturated rings. The number of fused-ring (bicyclic) bond motifs is 1. The summed E-state index contributed by atoms with van der Waals surface area (Å²) < 4.78 is 5.77. The zero-order chi connectivity index (χ0) is 30.2. The van der Waals surface area contributed by atoms with Crippen LogP contribution in [-0.4, -0.2) is 57.8 Å². The van der Waals surface area contributed by atoms with Crippen molar-refractivity contribution in [3.05, 3.63) is 70.9 Å². The van der Waals surface area contributed by atoms with Gasteiger partial charge in [-0.3, -0.25) is 9.59 Å². The third-order valence-corrected chi connectivity index (χ3v) is 7.96. The molecule has 8 heteroatoms. The highest BCUT2D eigenvalue weighted by Gasteiger charge is 2.31. The van der Waals surface area contributed by atoms with Crippen LogP contribution in [0.5, 0.6) is 5.75 Å². The third-order valence-electron chi connectivity index (χ3n) is 7.96. The van der Waals surface area contributed by atoms with Gasteiger partial charge in [-0.25, -0.2) is 9.97 Å². The molecule has 3 aromatic rings. The van der Waals surface area contributed by atoms with Crippen LogP contribution in [0.3, 0.4) is 0 Å². The van der Waals surface area contributed by atoms with Crippen LogP contribution >= 0.6 is 0 Å². The van der Waals surface area contributed by atoms with Crippen LogP contribution in [0.4, 0.5) is 5.95 Å². The van der Waals surface area contributed by atoms with E-state index in [9.17, 15) is 9.59 Å². The van der Waals surface area contributed by atoms with Gasteiger partial charge in [0, 0.05) is 37.0 Å². The van der Waals surface area contributed by atoms with Crippen LogP contribution in [0.1, 0.15) is 92.9 Å². The molecular formula is C34H45N5O3. The van der Waals surface area contributed by atoms with E-state index in [4.69, 9.17) is 9.72 Å². The highest BCUT2D eigenvalue weighted by Crippen LogP contribution is 2.30. The maximum absolute atomic E-state index is 13.5. The Kier molecular flexibility index (Phi) is 10.6. The van der Waals surface area contributed by atoms with Gasteiger partial charge >= 0.3 is 0 Å². The van der Waals surface area contributed by atoms with Gasteiger partial charge in [0.2, 0.25) is 11.9 Å². The van der Waals surface area contributed by atoms with E-state index in [0.717, 1.165) is 65.8 Å². The highest BCUT2D eigenvalue weighted by atomic mass is 16.5. The number of ether oxygens (including phenoxy) is 1. The summed E-state index contributed by atoms with van der Waals surface area (Å²) in [7, 11) is 1.79. The van der Waals surface area contributed by atoms with Crippen molar-refractivity contribution in [3.8, 4) is 17.0 Å².